The number of hydrogen-bond donors (Lipinski definition) is 2. The van der Waals surface area contributed by atoms with Crippen molar-refractivity contribution in [2.24, 2.45) is 5.41 Å². The highest BCUT2D eigenvalue weighted by atomic mass is 35.5. The van der Waals surface area contributed by atoms with Gasteiger partial charge in [0.25, 0.3) is 0 Å². The van der Waals surface area contributed by atoms with Gasteiger partial charge in [0, 0.05) is 31.6 Å². The summed E-state index contributed by atoms with van der Waals surface area (Å²) in [4.78, 5) is 11.6. The van der Waals surface area contributed by atoms with Crippen molar-refractivity contribution in [3.05, 3.63) is 17.6 Å². The zero-order chi connectivity index (χ0) is 18.5. The van der Waals surface area contributed by atoms with E-state index in [0.29, 0.717) is 13.0 Å². The molecule has 1 saturated heterocycles. The highest BCUT2D eigenvalue weighted by molar-refractivity contribution is 7.89. The van der Waals surface area contributed by atoms with E-state index in [1.165, 1.54) is 13.2 Å². The Morgan fingerprint density at radius 3 is 2.54 bits per heavy atom. The second-order valence-electron chi connectivity index (χ2n) is 6.25. The number of aryl methyl sites for hydroxylation is 1. The van der Waals surface area contributed by atoms with Crippen molar-refractivity contribution in [3.8, 4) is 0 Å². The lowest BCUT2D eigenvalue weighted by atomic mass is 9.80. The first-order chi connectivity index (χ1) is 11.9. The van der Waals surface area contributed by atoms with Crippen molar-refractivity contribution in [2.45, 2.75) is 31.1 Å². The molecular formula is C16H27ClN2O6S. The van der Waals surface area contributed by atoms with Crippen LogP contribution < -0.4 is 10.0 Å². The summed E-state index contributed by atoms with van der Waals surface area (Å²) in [6.45, 7) is 4.16. The van der Waals surface area contributed by atoms with Crippen LogP contribution in [0.2, 0.25) is 0 Å². The molecule has 0 saturated carbocycles. The number of furan rings is 1. The van der Waals surface area contributed by atoms with Gasteiger partial charge in [0.05, 0.1) is 13.7 Å². The molecule has 0 radical (unpaired) electrons. The molecule has 0 aliphatic carbocycles. The minimum absolute atomic E-state index is 0. The van der Waals surface area contributed by atoms with E-state index >= 15 is 0 Å². The molecule has 2 N–H and O–H groups in total. The molecule has 1 aromatic heterocycles. The molecular weight excluding hydrogens is 384 g/mol. The Morgan fingerprint density at radius 1 is 1.35 bits per heavy atom. The van der Waals surface area contributed by atoms with Crippen LogP contribution in [0.3, 0.4) is 0 Å². The van der Waals surface area contributed by atoms with Crippen LogP contribution >= 0.6 is 12.4 Å². The standard InChI is InChI=1S/C16H26N2O6S.ClH/c1-4-12-14(9-13(24-12)15(19)23-3)25(20,21)18-10-16(11-22-2)5-7-17-8-6-16;/h9,17-18H,4-8,10-11H2,1-3H3;1H. The van der Waals surface area contributed by atoms with Crippen molar-refractivity contribution in [3.63, 3.8) is 0 Å². The quantitative estimate of drug-likeness (QED) is 0.623. The number of piperidine rings is 1. The number of carbonyl (C=O) groups is 1. The van der Waals surface area contributed by atoms with Gasteiger partial charge in [0.2, 0.25) is 15.8 Å². The van der Waals surface area contributed by atoms with Crippen LogP contribution in [-0.2, 0) is 25.9 Å². The summed E-state index contributed by atoms with van der Waals surface area (Å²) in [7, 11) is -0.973. The Hall–Kier alpha value is -1.13. The number of esters is 1. The number of carbonyl (C=O) groups excluding carboxylic acids is 1. The Kier molecular flexibility index (Phi) is 8.55. The van der Waals surface area contributed by atoms with E-state index in [1.807, 2.05) is 0 Å². The topological polar surface area (TPSA) is 107 Å². The minimum atomic E-state index is -3.81. The second-order valence-corrected chi connectivity index (χ2v) is 7.99. The molecule has 2 heterocycles. The van der Waals surface area contributed by atoms with Gasteiger partial charge in [-0.05, 0) is 25.9 Å². The molecule has 26 heavy (non-hydrogen) atoms. The van der Waals surface area contributed by atoms with Gasteiger partial charge in [-0.1, -0.05) is 6.92 Å². The van der Waals surface area contributed by atoms with Crippen LogP contribution in [0.5, 0.6) is 0 Å². The number of sulfonamides is 1. The minimum Gasteiger partial charge on any atom is -0.463 e. The molecule has 0 amide bonds. The van der Waals surface area contributed by atoms with Crippen molar-refractivity contribution < 1.29 is 27.1 Å². The molecule has 10 heteroatoms. The Labute approximate surface area is 160 Å². The highest BCUT2D eigenvalue weighted by Crippen LogP contribution is 2.29. The molecule has 1 aliphatic rings. The van der Waals surface area contributed by atoms with Gasteiger partial charge in [-0.25, -0.2) is 17.9 Å². The van der Waals surface area contributed by atoms with Crippen molar-refractivity contribution >= 4 is 28.4 Å². The van der Waals surface area contributed by atoms with E-state index in [2.05, 4.69) is 14.8 Å². The molecule has 150 valence electrons. The maximum atomic E-state index is 12.7. The number of halogens is 1. The number of hydrogen-bond acceptors (Lipinski definition) is 7. The fourth-order valence-electron chi connectivity index (χ4n) is 3.05. The van der Waals surface area contributed by atoms with Crippen LogP contribution in [0.15, 0.2) is 15.4 Å². The summed E-state index contributed by atoms with van der Waals surface area (Å²) in [5.74, 6) is -0.586. The molecule has 1 aliphatic heterocycles. The summed E-state index contributed by atoms with van der Waals surface area (Å²) < 4.78 is 43.4. The van der Waals surface area contributed by atoms with Gasteiger partial charge < -0.3 is 19.2 Å². The number of nitrogens with one attached hydrogen (secondary N) is 2. The monoisotopic (exact) mass is 410 g/mol. The van der Waals surface area contributed by atoms with E-state index in [0.717, 1.165) is 25.9 Å². The average Bonchev–Trinajstić information content (AvgIpc) is 3.06. The summed E-state index contributed by atoms with van der Waals surface area (Å²) in [5, 5.41) is 3.27. The average molecular weight is 411 g/mol. The van der Waals surface area contributed by atoms with E-state index in [4.69, 9.17) is 9.15 Å². The first-order valence-electron chi connectivity index (χ1n) is 8.28. The highest BCUT2D eigenvalue weighted by Gasteiger charge is 2.34. The fourth-order valence-corrected chi connectivity index (χ4v) is 4.45. The van der Waals surface area contributed by atoms with Crippen LogP contribution in [0, 0.1) is 5.41 Å². The van der Waals surface area contributed by atoms with Gasteiger partial charge in [0.1, 0.15) is 10.7 Å². The summed E-state index contributed by atoms with van der Waals surface area (Å²) >= 11 is 0. The van der Waals surface area contributed by atoms with Crippen molar-refractivity contribution in [1.29, 1.82) is 0 Å². The van der Waals surface area contributed by atoms with E-state index in [1.54, 1.807) is 14.0 Å². The van der Waals surface area contributed by atoms with Crippen molar-refractivity contribution in [1.82, 2.24) is 10.0 Å². The third kappa shape index (κ3) is 5.20. The predicted molar refractivity (Wildman–Crippen MR) is 98.3 cm³/mol. The molecule has 2 rings (SSSR count). The zero-order valence-corrected chi connectivity index (χ0v) is 16.9. The smallest absolute Gasteiger partial charge is 0.373 e. The fraction of sp³-hybridized carbons (Fsp3) is 0.688. The van der Waals surface area contributed by atoms with E-state index < -0.39 is 16.0 Å². The van der Waals surface area contributed by atoms with E-state index in [-0.39, 0.29) is 40.8 Å². The summed E-state index contributed by atoms with van der Waals surface area (Å²) in [6, 6.07) is 1.22. The molecule has 8 nitrogen and oxygen atoms in total. The summed E-state index contributed by atoms with van der Waals surface area (Å²) in [5.41, 5.74) is -0.242. The lowest BCUT2D eigenvalue weighted by molar-refractivity contribution is 0.0563. The van der Waals surface area contributed by atoms with Crippen LogP contribution in [0.4, 0.5) is 0 Å². The Morgan fingerprint density at radius 2 is 2.00 bits per heavy atom. The first-order valence-corrected chi connectivity index (χ1v) is 9.76. The van der Waals surface area contributed by atoms with Gasteiger partial charge in [-0.15, -0.1) is 12.4 Å². The molecule has 0 atom stereocenters. The Bertz CT molecular complexity index is 692. The molecule has 0 bridgehead atoms. The predicted octanol–water partition coefficient (Wildman–Crippen LogP) is 1.34. The number of rotatable bonds is 8. The van der Waals surface area contributed by atoms with Crippen molar-refractivity contribution in [2.75, 3.05) is 40.5 Å². The molecule has 0 unspecified atom stereocenters. The summed E-state index contributed by atoms with van der Waals surface area (Å²) in [6.07, 6.45) is 1.99. The maximum absolute atomic E-state index is 12.7. The zero-order valence-electron chi connectivity index (χ0n) is 15.3. The lowest BCUT2D eigenvalue weighted by Crippen LogP contribution is -2.47. The first kappa shape index (κ1) is 22.9. The third-order valence-electron chi connectivity index (χ3n) is 4.52. The van der Waals surface area contributed by atoms with Gasteiger partial charge in [-0.3, -0.25) is 0 Å². The third-order valence-corrected chi connectivity index (χ3v) is 5.97. The number of methoxy groups -OCH3 is 2. The van der Waals surface area contributed by atoms with E-state index in [9.17, 15) is 13.2 Å². The molecule has 0 aromatic carbocycles. The van der Waals surface area contributed by atoms with Crippen LogP contribution in [0.25, 0.3) is 0 Å². The molecule has 1 aromatic rings. The van der Waals surface area contributed by atoms with Crippen LogP contribution in [-0.4, -0.2) is 54.8 Å². The van der Waals surface area contributed by atoms with Crippen LogP contribution in [0.1, 0.15) is 36.1 Å². The number of ether oxygens (including phenoxy) is 2. The second kappa shape index (κ2) is 9.70. The SMILES string of the molecule is CCc1oc(C(=O)OC)cc1S(=O)(=O)NCC1(COC)CCNCC1.Cl. The van der Waals surface area contributed by atoms with Gasteiger partial charge in [0.15, 0.2) is 0 Å². The largest absolute Gasteiger partial charge is 0.463 e. The van der Waals surface area contributed by atoms with Gasteiger partial charge in [-0.2, -0.15) is 0 Å². The lowest BCUT2D eigenvalue weighted by Gasteiger charge is -2.37. The normalized spacial score (nSPS) is 16.7. The Balaban J connectivity index is 0.00000338. The molecule has 0 spiro atoms. The maximum Gasteiger partial charge on any atom is 0.373 e. The van der Waals surface area contributed by atoms with Gasteiger partial charge >= 0.3 is 5.97 Å². The molecule has 1 fully saturated rings.